The van der Waals surface area contributed by atoms with Gasteiger partial charge in [-0.1, -0.05) is 6.07 Å². The number of rotatable bonds is 2. The second kappa shape index (κ2) is 4.65. The lowest BCUT2D eigenvalue weighted by atomic mass is 9.97. The monoisotopic (exact) mass is 231 g/mol. The highest BCUT2D eigenvalue weighted by Gasteiger charge is 2.20. The van der Waals surface area contributed by atoms with Crippen LogP contribution in [0.4, 0.5) is 5.82 Å². The molecule has 0 bridgehead atoms. The van der Waals surface area contributed by atoms with Gasteiger partial charge in [0.1, 0.15) is 5.82 Å². The van der Waals surface area contributed by atoms with E-state index < -0.39 is 0 Å². The molecular formula is C14H21N3. The first-order valence-corrected chi connectivity index (χ1v) is 6.80. The average Bonchev–Trinajstić information content (AvgIpc) is 2.86. The van der Waals surface area contributed by atoms with Gasteiger partial charge in [-0.25, -0.2) is 4.98 Å². The molecule has 0 spiro atoms. The Morgan fingerprint density at radius 3 is 2.82 bits per heavy atom. The van der Waals surface area contributed by atoms with Crippen LogP contribution in [-0.2, 0) is 12.8 Å². The Bertz CT molecular complexity index is 394. The summed E-state index contributed by atoms with van der Waals surface area (Å²) >= 11 is 0. The first-order chi connectivity index (χ1) is 8.36. The molecule has 0 aromatic carbocycles. The van der Waals surface area contributed by atoms with Crippen LogP contribution < -0.4 is 10.6 Å². The summed E-state index contributed by atoms with van der Waals surface area (Å²) in [6.45, 7) is 3.08. The van der Waals surface area contributed by atoms with Crippen molar-refractivity contribution in [2.45, 2.75) is 32.1 Å². The van der Waals surface area contributed by atoms with Crippen LogP contribution in [-0.4, -0.2) is 24.6 Å². The summed E-state index contributed by atoms with van der Waals surface area (Å²) < 4.78 is 0. The van der Waals surface area contributed by atoms with Crippen molar-refractivity contribution in [1.82, 2.24) is 4.98 Å². The molecule has 0 radical (unpaired) electrons. The van der Waals surface area contributed by atoms with E-state index in [4.69, 9.17) is 10.7 Å². The van der Waals surface area contributed by atoms with E-state index in [1.165, 1.54) is 49.2 Å². The first-order valence-electron chi connectivity index (χ1n) is 6.80. The van der Waals surface area contributed by atoms with Gasteiger partial charge in [-0.2, -0.15) is 0 Å². The molecule has 3 rings (SSSR count). The number of aromatic nitrogens is 1. The standard InChI is InChI=1S/C14H21N3/c15-10-11-6-8-17(9-7-11)14-5-4-12-2-1-3-13(12)16-14/h4-5,11H,1-3,6-10,15H2. The van der Waals surface area contributed by atoms with Crippen molar-refractivity contribution < 1.29 is 0 Å². The van der Waals surface area contributed by atoms with E-state index >= 15 is 0 Å². The van der Waals surface area contributed by atoms with Crippen molar-refractivity contribution >= 4 is 5.82 Å². The van der Waals surface area contributed by atoms with Crippen LogP contribution in [0.25, 0.3) is 0 Å². The third-order valence-corrected chi connectivity index (χ3v) is 4.19. The molecule has 0 unspecified atom stereocenters. The van der Waals surface area contributed by atoms with Gasteiger partial charge in [-0.15, -0.1) is 0 Å². The third kappa shape index (κ3) is 2.16. The summed E-state index contributed by atoms with van der Waals surface area (Å²) in [6, 6.07) is 4.48. The van der Waals surface area contributed by atoms with Crippen molar-refractivity contribution in [3.8, 4) is 0 Å². The molecule has 3 heteroatoms. The molecule has 0 amide bonds. The van der Waals surface area contributed by atoms with Crippen LogP contribution >= 0.6 is 0 Å². The molecule has 2 heterocycles. The summed E-state index contributed by atoms with van der Waals surface area (Å²) in [5, 5.41) is 0. The molecule has 1 aliphatic carbocycles. The van der Waals surface area contributed by atoms with Crippen LogP contribution in [0.2, 0.25) is 0 Å². The van der Waals surface area contributed by atoms with Gasteiger partial charge in [0.15, 0.2) is 0 Å². The minimum absolute atomic E-state index is 0.723. The van der Waals surface area contributed by atoms with Gasteiger partial charge in [0.25, 0.3) is 0 Å². The quantitative estimate of drug-likeness (QED) is 0.843. The normalized spacial score (nSPS) is 20.6. The van der Waals surface area contributed by atoms with E-state index in [1.807, 2.05) is 0 Å². The Balaban J connectivity index is 1.72. The summed E-state index contributed by atoms with van der Waals surface area (Å²) in [5.74, 6) is 1.90. The lowest BCUT2D eigenvalue weighted by molar-refractivity contribution is 0.413. The lowest BCUT2D eigenvalue weighted by Gasteiger charge is -2.32. The molecule has 1 aromatic rings. The zero-order chi connectivity index (χ0) is 11.7. The number of fused-ring (bicyclic) bond motifs is 1. The number of anilines is 1. The van der Waals surface area contributed by atoms with Gasteiger partial charge in [0, 0.05) is 18.8 Å². The zero-order valence-corrected chi connectivity index (χ0v) is 10.4. The fourth-order valence-electron chi connectivity index (χ4n) is 2.98. The molecule has 2 N–H and O–H groups in total. The Hall–Kier alpha value is -1.09. The Morgan fingerprint density at radius 2 is 2.06 bits per heavy atom. The Morgan fingerprint density at radius 1 is 1.24 bits per heavy atom. The maximum atomic E-state index is 5.73. The number of nitrogens with two attached hydrogens (primary N) is 1. The third-order valence-electron chi connectivity index (χ3n) is 4.19. The summed E-state index contributed by atoms with van der Waals surface area (Å²) in [7, 11) is 0. The van der Waals surface area contributed by atoms with Crippen molar-refractivity contribution in [3.63, 3.8) is 0 Å². The van der Waals surface area contributed by atoms with Gasteiger partial charge in [0.2, 0.25) is 0 Å². The first kappa shape index (κ1) is 11.0. The SMILES string of the molecule is NCC1CCN(c2ccc3c(n2)CCC3)CC1. The predicted octanol–water partition coefficient (Wildman–Crippen LogP) is 1.75. The van der Waals surface area contributed by atoms with Crippen molar-refractivity contribution in [2.24, 2.45) is 11.7 Å². The molecule has 3 nitrogen and oxygen atoms in total. The van der Waals surface area contributed by atoms with Crippen molar-refractivity contribution in [2.75, 3.05) is 24.5 Å². The maximum Gasteiger partial charge on any atom is 0.128 e. The predicted molar refractivity (Wildman–Crippen MR) is 70.3 cm³/mol. The van der Waals surface area contributed by atoms with E-state index in [1.54, 1.807) is 0 Å². The molecule has 92 valence electrons. The second-order valence-electron chi connectivity index (χ2n) is 5.29. The summed E-state index contributed by atoms with van der Waals surface area (Å²) in [4.78, 5) is 7.24. The molecule has 1 aliphatic heterocycles. The van der Waals surface area contributed by atoms with Crippen LogP contribution in [0.3, 0.4) is 0 Å². The largest absolute Gasteiger partial charge is 0.357 e. The number of piperidine rings is 1. The van der Waals surface area contributed by atoms with Crippen LogP contribution in [0.1, 0.15) is 30.5 Å². The Labute approximate surface area is 103 Å². The Kier molecular flexibility index (Phi) is 3.02. The van der Waals surface area contributed by atoms with E-state index in [9.17, 15) is 0 Å². The molecule has 0 saturated carbocycles. The van der Waals surface area contributed by atoms with E-state index in [-0.39, 0.29) is 0 Å². The topological polar surface area (TPSA) is 42.1 Å². The average molecular weight is 231 g/mol. The molecule has 1 fully saturated rings. The van der Waals surface area contributed by atoms with E-state index in [2.05, 4.69) is 17.0 Å². The minimum Gasteiger partial charge on any atom is -0.357 e. The molecule has 1 aromatic heterocycles. The van der Waals surface area contributed by atoms with E-state index in [0.29, 0.717) is 0 Å². The highest BCUT2D eigenvalue weighted by atomic mass is 15.2. The lowest BCUT2D eigenvalue weighted by Crippen LogP contribution is -2.36. The molecule has 0 atom stereocenters. The van der Waals surface area contributed by atoms with Crippen LogP contribution in [0.5, 0.6) is 0 Å². The number of hydrogen-bond acceptors (Lipinski definition) is 3. The molecular weight excluding hydrogens is 210 g/mol. The summed E-state index contributed by atoms with van der Waals surface area (Å²) in [6.07, 6.45) is 6.10. The molecule has 17 heavy (non-hydrogen) atoms. The van der Waals surface area contributed by atoms with Gasteiger partial charge < -0.3 is 10.6 Å². The highest BCUT2D eigenvalue weighted by Crippen LogP contribution is 2.26. The number of nitrogens with zero attached hydrogens (tertiary/aromatic N) is 2. The minimum atomic E-state index is 0.723. The molecule has 2 aliphatic rings. The maximum absolute atomic E-state index is 5.73. The van der Waals surface area contributed by atoms with Gasteiger partial charge in [0.05, 0.1) is 0 Å². The number of pyridine rings is 1. The fourth-order valence-corrected chi connectivity index (χ4v) is 2.98. The molecule has 1 saturated heterocycles. The second-order valence-corrected chi connectivity index (χ2v) is 5.29. The fraction of sp³-hybridized carbons (Fsp3) is 0.643. The van der Waals surface area contributed by atoms with Gasteiger partial charge in [-0.3, -0.25) is 0 Å². The number of hydrogen-bond donors (Lipinski definition) is 1. The van der Waals surface area contributed by atoms with Gasteiger partial charge in [-0.05, 0) is 56.2 Å². The van der Waals surface area contributed by atoms with Crippen LogP contribution in [0.15, 0.2) is 12.1 Å². The summed E-state index contributed by atoms with van der Waals surface area (Å²) in [5.41, 5.74) is 8.53. The van der Waals surface area contributed by atoms with E-state index in [0.717, 1.165) is 25.6 Å². The number of aryl methyl sites for hydroxylation is 2. The zero-order valence-electron chi connectivity index (χ0n) is 10.4. The highest BCUT2D eigenvalue weighted by molar-refractivity contribution is 5.43. The van der Waals surface area contributed by atoms with Crippen LogP contribution in [0, 0.1) is 5.92 Å². The van der Waals surface area contributed by atoms with Crippen molar-refractivity contribution in [1.29, 1.82) is 0 Å². The van der Waals surface area contributed by atoms with Crippen molar-refractivity contribution in [3.05, 3.63) is 23.4 Å². The van der Waals surface area contributed by atoms with Gasteiger partial charge >= 0.3 is 0 Å². The smallest absolute Gasteiger partial charge is 0.128 e.